The number of imidazole rings is 1. The molecule has 1 aromatic heterocycles. The van der Waals surface area contributed by atoms with E-state index >= 15 is 0 Å². The Labute approximate surface area is 119 Å². The standard InChI is InChI=1S/C16H21N3O/c1-2-4-15-14(3-1)17-16(18-15)12-5-8-19(11-12)13-6-9-20-10-7-13/h1-4,12-13H,5-11H2,(H,17,18). The maximum absolute atomic E-state index is 5.47. The summed E-state index contributed by atoms with van der Waals surface area (Å²) in [5.74, 6) is 1.73. The summed E-state index contributed by atoms with van der Waals surface area (Å²) in [5, 5.41) is 0. The summed E-state index contributed by atoms with van der Waals surface area (Å²) < 4.78 is 5.47. The lowest BCUT2D eigenvalue weighted by Crippen LogP contribution is -2.37. The van der Waals surface area contributed by atoms with Gasteiger partial charge in [0.2, 0.25) is 0 Å². The van der Waals surface area contributed by atoms with Gasteiger partial charge in [-0.15, -0.1) is 0 Å². The van der Waals surface area contributed by atoms with Gasteiger partial charge in [-0.25, -0.2) is 4.98 Å². The number of nitrogens with one attached hydrogen (secondary N) is 1. The maximum Gasteiger partial charge on any atom is 0.111 e. The van der Waals surface area contributed by atoms with Crippen molar-refractivity contribution in [1.29, 1.82) is 0 Å². The molecule has 1 atom stereocenters. The second-order valence-corrected chi connectivity index (χ2v) is 5.96. The van der Waals surface area contributed by atoms with Gasteiger partial charge in [0, 0.05) is 31.7 Å². The number of nitrogens with zero attached hydrogens (tertiary/aromatic N) is 2. The first-order valence-electron chi connectivity index (χ1n) is 7.66. The number of para-hydroxylation sites is 2. The summed E-state index contributed by atoms with van der Waals surface area (Å²) in [6, 6.07) is 9.03. The topological polar surface area (TPSA) is 41.2 Å². The van der Waals surface area contributed by atoms with Gasteiger partial charge >= 0.3 is 0 Å². The highest BCUT2D eigenvalue weighted by atomic mass is 16.5. The second-order valence-electron chi connectivity index (χ2n) is 5.96. The van der Waals surface area contributed by atoms with Crippen molar-refractivity contribution < 1.29 is 4.74 Å². The Bertz CT molecular complexity index is 555. The largest absolute Gasteiger partial charge is 0.381 e. The Balaban J connectivity index is 1.49. The minimum Gasteiger partial charge on any atom is -0.381 e. The number of benzene rings is 1. The first-order valence-corrected chi connectivity index (χ1v) is 7.66. The van der Waals surface area contributed by atoms with Gasteiger partial charge in [-0.05, 0) is 37.9 Å². The summed E-state index contributed by atoms with van der Waals surface area (Å²) >= 11 is 0. The van der Waals surface area contributed by atoms with Crippen LogP contribution in [-0.4, -0.2) is 47.2 Å². The Hall–Kier alpha value is -1.39. The van der Waals surface area contributed by atoms with Crippen LogP contribution in [0.1, 0.15) is 31.0 Å². The molecule has 0 aliphatic carbocycles. The van der Waals surface area contributed by atoms with Crippen LogP contribution < -0.4 is 0 Å². The van der Waals surface area contributed by atoms with E-state index in [0.717, 1.165) is 36.8 Å². The van der Waals surface area contributed by atoms with E-state index < -0.39 is 0 Å². The molecular formula is C16H21N3O. The molecule has 0 saturated carbocycles. The molecule has 1 aromatic carbocycles. The second kappa shape index (κ2) is 5.19. The fraction of sp³-hybridized carbons (Fsp3) is 0.562. The lowest BCUT2D eigenvalue weighted by molar-refractivity contribution is 0.0419. The number of aromatic amines is 1. The molecule has 4 heteroatoms. The molecule has 4 nitrogen and oxygen atoms in total. The molecule has 1 N–H and O–H groups in total. The van der Waals surface area contributed by atoms with E-state index in [9.17, 15) is 0 Å². The van der Waals surface area contributed by atoms with Crippen molar-refractivity contribution in [2.45, 2.75) is 31.2 Å². The molecule has 0 spiro atoms. The van der Waals surface area contributed by atoms with Crippen LogP contribution in [0.4, 0.5) is 0 Å². The molecular weight excluding hydrogens is 250 g/mol. The van der Waals surface area contributed by atoms with Gasteiger partial charge in [0.05, 0.1) is 11.0 Å². The zero-order valence-electron chi connectivity index (χ0n) is 11.7. The highest BCUT2D eigenvalue weighted by Crippen LogP contribution is 2.30. The summed E-state index contributed by atoms with van der Waals surface area (Å²) in [7, 11) is 0. The van der Waals surface area contributed by atoms with E-state index in [1.54, 1.807) is 0 Å². The predicted octanol–water partition coefficient (Wildman–Crippen LogP) is 2.53. The predicted molar refractivity (Wildman–Crippen MR) is 78.9 cm³/mol. The molecule has 2 aliphatic rings. The van der Waals surface area contributed by atoms with E-state index in [-0.39, 0.29) is 0 Å². The van der Waals surface area contributed by atoms with E-state index in [4.69, 9.17) is 9.72 Å². The van der Waals surface area contributed by atoms with Crippen LogP contribution in [0.2, 0.25) is 0 Å². The van der Waals surface area contributed by atoms with Crippen LogP contribution in [0.5, 0.6) is 0 Å². The number of ether oxygens (including phenoxy) is 1. The van der Waals surface area contributed by atoms with Crippen molar-refractivity contribution in [3.63, 3.8) is 0 Å². The fourth-order valence-electron chi connectivity index (χ4n) is 3.56. The lowest BCUT2D eigenvalue weighted by atomic mass is 10.1. The van der Waals surface area contributed by atoms with Crippen LogP contribution in [-0.2, 0) is 4.74 Å². The molecule has 20 heavy (non-hydrogen) atoms. The number of hydrogen-bond donors (Lipinski definition) is 1. The van der Waals surface area contributed by atoms with E-state index in [1.165, 1.54) is 31.6 Å². The van der Waals surface area contributed by atoms with Crippen molar-refractivity contribution in [2.24, 2.45) is 0 Å². The number of rotatable bonds is 2. The zero-order valence-corrected chi connectivity index (χ0v) is 11.7. The van der Waals surface area contributed by atoms with Gasteiger partial charge in [0.25, 0.3) is 0 Å². The minimum absolute atomic E-state index is 0.560. The molecule has 2 saturated heterocycles. The van der Waals surface area contributed by atoms with Crippen molar-refractivity contribution in [2.75, 3.05) is 26.3 Å². The normalized spacial score (nSPS) is 25.5. The Morgan fingerprint density at radius 3 is 2.85 bits per heavy atom. The summed E-state index contributed by atoms with van der Waals surface area (Å²) in [6.45, 7) is 4.20. The molecule has 0 amide bonds. The van der Waals surface area contributed by atoms with Crippen LogP contribution in [0.3, 0.4) is 0 Å². The average Bonchev–Trinajstić information content (AvgIpc) is 3.14. The van der Waals surface area contributed by atoms with Gasteiger partial charge in [-0.2, -0.15) is 0 Å². The number of H-pyrrole nitrogens is 1. The highest BCUT2D eigenvalue weighted by Gasteiger charge is 2.31. The van der Waals surface area contributed by atoms with Gasteiger partial charge in [0.15, 0.2) is 0 Å². The number of likely N-dealkylation sites (tertiary alicyclic amines) is 1. The van der Waals surface area contributed by atoms with Crippen molar-refractivity contribution in [3.8, 4) is 0 Å². The van der Waals surface area contributed by atoms with Gasteiger partial charge in [0.1, 0.15) is 5.82 Å². The van der Waals surface area contributed by atoms with E-state index in [1.807, 2.05) is 0 Å². The number of fused-ring (bicyclic) bond motifs is 1. The van der Waals surface area contributed by atoms with Crippen molar-refractivity contribution >= 4 is 11.0 Å². The molecule has 2 fully saturated rings. The highest BCUT2D eigenvalue weighted by molar-refractivity contribution is 5.74. The van der Waals surface area contributed by atoms with Gasteiger partial charge in [-0.3, -0.25) is 4.90 Å². The number of aromatic nitrogens is 2. The summed E-state index contributed by atoms with van der Waals surface area (Å²) in [4.78, 5) is 10.9. The lowest BCUT2D eigenvalue weighted by Gasteiger charge is -2.30. The van der Waals surface area contributed by atoms with Crippen molar-refractivity contribution in [1.82, 2.24) is 14.9 Å². The first-order chi connectivity index (χ1) is 9.90. The average molecular weight is 271 g/mol. The smallest absolute Gasteiger partial charge is 0.111 e. The molecule has 0 bridgehead atoms. The third-order valence-corrected chi connectivity index (χ3v) is 4.72. The molecule has 2 aliphatic heterocycles. The van der Waals surface area contributed by atoms with E-state index in [2.05, 4.69) is 34.1 Å². The fourth-order valence-corrected chi connectivity index (χ4v) is 3.56. The van der Waals surface area contributed by atoms with Crippen LogP contribution in [0.15, 0.2) is 24.3 Å². The van der Waals surface area contributed by atoms with Crippen LogP contribution in [0.25, 0.3) is 11.0 Å². The first kappa shape index (κ1) is 12.4. The Kier molecular flexibility index (Phi) is 3.20. The summed E-state index contributed by atoms with van der Waals surface area (Å²) in [5.41, 5.74) is 2.25. The van der Waals surface area contributed by atoms with Gasteiger partial charge in [-0.1, -0.05) is 12.1 Å². The molecule has 106 valence electrons. The van der Waals surface area contributed by atoms with Gasteiger partial charge < -0.3 is 9.72 Å². The SMILES string of the molecule is c1ccc2[nH]c(C3CCN(C4CCOCC4)C3)nc2c1. The summed E-state index contributed by atoms with van der Waals surface area (Å²) in [6.07, 6.45) is 3.59. The molecule has 1 unspecified atom stereocenters. The molecule has 4 rings (SSSR count). The Morgan fingerprint density at radius 2 is 2.00 bits per heavy atom. The van der Waals surface area contributed by atoms with Crippen LogP contribution in [0, 0.1) is 0 Å². The number of hydrogen-bond acceptors (Lipinski definition) is 3. The third-order valence-electron chi connectivity index (χ3n) is 4.72. The molecule has 2 aromatic rings. The van der Waals surface area contributed by atoms with Crippen LogP contribution >= 0.6 is 0 Å². The Morgan fingerprint density at radius 1 is 1.15 bits per heavy atom. The zero-order chi connectivity index (χ0) is 13.4. The maximum atomic E-state index is 5.47. The van der Waals surface area contributed by atoms with E-state index in [0.29, 0.717) is 5.92 Å². The van der Waals surface area contributed by atoms with Crippen molar-refractivity contribution in [3.05, 3.63) is 30.1 Å². The quantitative estimate of drug-likeness (QED) is 0.912. The minimum atomic E-state index is 0.560. The monoisotopic (exact) mass is 271 g/mol. The molecule has 0 radical (unpaired) electrons. The molecule has 3 heterocycles. The third kappa shape index (κ3) is 2.23.